The first-order valence-electron chi connectivity index (χ1n) is 8.65. The zero-order chi connectivity index (χ0) is 16.5. The van der Waals surface area contributed by atoms with Gasteiger partial charge >= 0.3 is 6.09 Å². The minimum absolute atomic E-state index is 0.132. The maximum atomic E-state index is 12.1. The van der Waals surface area contributed by atoms with Gasteiger partial charge < -0.3 is 15.4 Å². The summed E-state index contributed by atoms with van der Waals surface area (Å²) in [5, 5.41) is 9.00. The van der Waals surface area contributed by atoms with Gasteiger partial charge in [-0.3, -0.25) is 0 Å². The second-order valence-corrected chi connectivity index (χ2v) is 8.95. The highest BCUT2D eigenvalue weighted by Crippen LogP contribution is 2.43. The molecule has 1 atom stereocenters. The molecule has 5 heteroatoms. The van der Waals surface area contributed by atoms with E-state index in [2.05, 4.69) is 28.1 Å². The van der Waals surface area contributed by atoms with Crippen LogP contribution in [0.15, 0.2) is 17.5 Å². The van der Waals surface area contributed by atoms with Crippen molar-refractivity contribution < 1.29 is 9.53 Å². The Labute approximate surface area is 143 Å². The number of ether oxygens (including phenoxy) is 1. The molecular formula is C18H28N2O2S. The Balaban J connectivity index is 1.57. The van der Waals surface area contributed by atoms with Gasteiger partial charge in [0.05, 0.1) is 5.54 Å². The van der Waals surface area contributed by atoms with Crippen molar-refractivity contribution in [2.75, 3.05) is 6.54 Å². The van der Waals surface area contributed by atoms with Crippen LogP contribution in [-0.2, 0) is 4.74 Å². The number of rotatable bonds is 6. The molecule has 1 unspecified atom stereocenters. The first-order chi connectivity index (χ1) is 10.9. The third-order valence-corrected chi connectivity index (χ3v) is 5.64. The molecule has 2 N–H and O–H groups in total. The number of hydrogen-bond donors (Lipinski definition) is 2. The third-order valence-electron chi connectivity index (χ3n) is 4.68. The minimum Gasteiger partial charge on any atom is -0.444 e. The first-order valence-corrected chi connectivity index (χ1v) is 9.53. The van der Waals surface area contributed by atoms with E-state index in [-0.39, 0.29) is 11.6 Å². The van der Waals surface area contributed by atoms with E-state index in [1.807, 2.05) is 32.1 Å². The molecule has 2 aliphatic rings. The predicted molar refractivity (Wildman–Crippen MR) is 93.7 cm³/mol. The van der Waals surface area contributed by atoms with Crippen molar-refractivity contribution in [3.05, 3.63) is 22.4 Å². The summed E-state index contributed by atoms with van der Waals surface area (Å²) in [4.78, 5) is 13.5. The van der Waals surface area contributed by atoms with Crippen molar-refractivity contribution in [1.29, 1.82) is 0 Å². The molecule has 1 aromatic rings. The van der Waals surface area contributed by atoms with Crippen LogP contribution in [0.1, 0.15) is 63.8 Å². The molecule has 0 radical (unpaired) electrons. The van der Waals surface area contributed by atoms with Crippen LogP contribution in [-0.4, -0.2) is 23.8 Å². The van der Waals surface area contributed by atoms with Crippen molar-refractivity contribution >= 4 is 17.4 Å². The lowest BCUT2D eigenvalue weighted by Crippen LogP contribution is -2.60. The molecule has 1 heterocycles. The van der Waals surface area contributed by atoms with Crippen LogP contribution in [0.4, 0.5) is 4.79 Å². The van der Waals surface area contributed by atoms with E-state index in [1.54, 1.807) is 0 Å². The van der Waals surface area contributed by atoms with Crippen molar-refractivity contribution in [3.63, 3.8) is 0 Å². The first kappa shape index (κ1) is 16.8. The average Bonchev–Trinajstić information content (AvgIpc) is 3.08. The van der Waals surface area contributed by atoms with Crippen LogP contribution in [0.3, 0.4) is 0 Å². The SMILES string of the molecule is CC(C)(C)OC(=O)NC1(CNC(c2cccs2)C2CC2)CCC1. The van der Waals surface area contributed by atoms with E-state index < -0.39 is 5.60 Å². The summed E-state index contributed by atoms with van der Waals surface area (Å²) in [6.45, 7) is 6.53. The number of nitrogens with one attached hydrogen (secondary N) is 2. The molecular weight excluding hydrogens is 308 g/mol. The molecule has 1 aromatic heterocycles. The summed E-state index contributed by atoms with van der Waals surface area (Å²) < 4.78 is 5.43. The molecule has 1 amide bonds. The normalized spacial score (nSPS) is 21.3. The summed E-state index contributed by atoms with van der Waals surface area (Å²) in [6.07, 6.45) is 5.55. The summed E-state index contributed by atoms with van der Waals surface area (Å²) in [7, 11) is 0. The van der Waals surface area contributed by atoms with Gasteiger partial charge in [0.1, 0.15) is 5.60 Å². The van der Waals surface area contributed by atoms with Gasteiger partial charge in [-0.15, -0.1) is 11.3 Å². The Morgan fingerprint density at radius 2 is 2.17 bits per heavy atom. The largest absolute Gasteiger partial charge is 0.444 e. The molecule has 128 valence electrons. The van der Waals surface area contributed by atoms with E-state index in [4.69, 9.17) is 4.74 Å². The van der Waals surface area contributed by atoms with Gasteiger partial charge in [-0.1, -0.05) is 6.07 Å². The summed E-state index contributed by atoms with van der Waals surface area (Å²) in [5.41, 5.74) is -0.581. The standard InChI is InChI=1S/C18H28N2O2S/c1-17(2,3)22-16(21)20-18(9-5-10-18)12-19-15(13-7-8-13)14-6-4-11-23-14/h4,6,11,13,15,19H,5,7-10,12H2,1-3H3,(H,20,21). The van der Waals surface area contributed by atoms with Crippen LogP contribution in [0.5, 0.6) is 0 Å². The van der Waals surface area contributed by atoms with Gasteiger partial charge in [0.25, 0.3) is 0 Å². The van der Waals surface area contributed by atoms with Crippen molar-refractivity contribution in [2.24, 2.45) is 5.92 Å². The van der Waals surface area contributed by atoms with Crippen LogP contribution < -0.4 is 10.6 Å². The van der Waals surface area contributed by atoms with Crippen LogP contribution in [0.2, 0.25) is 0 Å². The minimum atomic E-state index is -0.448. The van der Waals surface area contributed by atoms with Crippen molar-refractivity contribution in [2.45, 2.75) is 70.1 Å². The average molecular weight is 337 g/mol. The van der Waals surface area contributed by atoms with Gasteiger partial charge in [0, 0.05) is 17.5 Å². The molecule has 2 aliphatic carbocycles. The third kappa shape index (κ3) is 4.48. The van der Waals surface area contributed by atoms with Gasteiger partial charge in [-0.2, -0.15) is 0 Å². The lowest BCUT2D eigenvalue weighted by Gasteiger charge is -2.43. The molecule has 0 saturated heterocycles. The number of carbonyl (C=O) groups excluding carboxylic acids is 1. The lowest BCUT2D eigenvalue weighted by molar-refractivity contribution is 0.0378. The molecule has 0 aromatic carbocycles. The van der Waals surface area contributed by atoms with E-state index in [1.165, 1.54) is 24.1 Å². The molecule has 0 spiro atoms. The zero-order valence-corrected chi connectivity index (χ0v) is 15.2. The highest BCUT2D eigenvalue weighted by Gasteiger charge is 2.41. The molecule has 3 rings (SSSR count). The molecule has 2 fully saturated rings. The summed E-state index contributed by atoms with van der Waals surface area (Å²) in [5.74, 6) is 0.757. The van der Waals surface area contributed by atoms with Crippen molar-refractivity contribution in [3.8, 4) is 0 Å². The Kier molecular flexibility index (Phi) is 4.70. The van der Waals surface area contributed by atoms with Crippen LogP contribution in [0, 0.1) is 5.92 Å². The van der Waals surface area contributed by atoms with E-state index in [0.717, 1.165) is 25.3 Å². The van der Waals surface area contributed by atoms with E-state index in [0.29, 0.717) is 6.04 Å². The van der Waals surface area contributed by atoms with Gasteiger partial charge in [0.2, 0.25) is 0 Å². The van der Waals surface area contributed by atoms with Gasteiger partial charge in [-0.05, 0) is 70.2 Å². The number of alkyl carbamates (subject to hydrolysis) is 1. The number of amides is 1. The topological polar surface area (TPSA) is 50.4 Å². The Morgan fingerprint density at radius 1 is 1.43 bits per heavy atom. The fraction of sp³-hybridized carbons (Fsp3) is 0.722. The van der Waals surface area contributed by atoms with E-state index in [9.17, 15) is 4.79 Å². The highest BCUT2D eigenvalue weighted by molar-refractivity contribution is 7.10. The fourth-order valence-electron chi connectivity index (χ4n) is 3.17. The highest BCUT2D eigenvalue weighted by atomic mass is 32.1. The number of hydrogen-bond acceptors (Lipinski definition) is 4. The Morgan fingerprint density at radius 3 is 2.65 bits per heavy atom. The van der Waals surface area contributed by atoms with Crippen molar-refractivity contribution in [1.82, 2.24) is 10.6 Å². The quantitative estimate of drug-likeness (QED) is 0.817. The molecule has 0 bridgehead atoms. The molecule has 23 heavy (non-hydrogen) atoms. The Hall–Kier alpha value is -1.07. The molecule has 0 aliphatic heterocycles. The van der Waals surface area contributed by atoms with Crippen LogP contribution >= 0.6 is 11.3 Å². The fourth-order valence-corrected chi connectivity index (χ4v) is 4.07. The second kappa shape index (κ2) is 6.44. The number of carbonyl (C=O) groups is 1. The maximum Gasteiger partial charge on any atom is 0.408 e. The smallest absolute Gasteiger partial charge is 0.408 e. The second-order valence-electron chi connectivity index (χ2n) is 7.97. The number of thiophene rings is 1. The lowest BCUT2D eigenvalue weighted by atomic mass is 9.76. The zero-order valence-electron chi connectivity index (χ0n) is 14.4. The van der Waals surface area contributed by atoms with E-state index >= 15 is 0 Å². The molecule has 2 saturated carbocycles. The van der Waals surface area contributed by atoms with Gasteiger partial charge in [-0.25, -0.2) is 4.79 Å². The summed E-state index contributed by atoms with van der Waals surface area (Å²) >= 11 is 1.82. The monoisotopic (exact) mass is 336 g/mol. The van der Waals surface area contributed by atoms with Crippen LogP contribution in [0.25, 0.3) is 0 Å². The molecule has 4 nitrogen and oxygen atoms in total. The summed E-state index contributed by atoms with van der Waals surface area (Å²) in [6, 6.07) is 4.78. The predicted octanol–water partition coefficient (Wildman–Crippen LogP) is 4.24. The van der Waals surface area contributed by atoms with Gasteiger partial charge in [0.15, 0.2) is 0 Å². The Bertz CT molecular complexity index is 528. The maximum absolute atomic E-state index is 12.1.